The lowest BCUT2D eigenvalue weighted by Crippen LogP contribution is -2.13. The number of nitrogens with two attached hydrogens (primary N) is 1. The molecule has 0 aliphatic rings. The van der Waals surface area contributed by atoms with Gasteiger partial charge in [0.15, 0.2) is 0 Å². The monoisotopic (exact) mass is 320 g/mol. The zero-order valence-corrected chi connectivity index (χ0v) is 11.9. The fourth-order valence-electron chi connectivity index (χ4n) is 1.70. The number of benzene rings is 2. The molecule has 4 nitrogen and oxygen atoms in total. The van der Waals surface area contributed by atoms with Gasteiger partial charge in [-0.1, -0.05) is 0 Å². The van der Waals surface area contributed by atoms with Crippen LogP contribution in [0.2, 0.25) is 0 Å². The predicted octanol–water partition coefficient (Wildman–Crippen LogP) is 3.30. The maximum absolute atomic E-state index is 12.0. The van der Waals surface area contributed by atoms with E-state index in [1.165, 1.54) is 12.1 Å². The highest BCUT2D eigenvalue weighted by Gasteiger charge is 2.11. The minimum absolute atomic E-state index is 0.118. The standard InChI is InChI=1S/C14H13BrN2O2/c1-8-6-11(15)13(12(16)7-8)17-14(19)9-2-4-10(18)5-3-9/h2-7,18H,16H2,1H3,(H,17,19). The zero-order chi connectivity index (χ0) is 14.0. The molecular formula is C14H13BrN2O2. The maximum Gasteiger partial charge on any atom is 0.255 e. The van der Waals surface area contributed by atoms with E-state index in [0.29, 0.717) is 16.9 Å². The van der Waals surface area contributed by atoms with Gasteiger partial charge < -0.3 is 16.2 Å². The van der Waals surface area contributed by atoms with Crippen LogP contribution in [0.4, 0.5) is 11.4 Å². The summed E-state index contributed by atoms with van der Waals surface area (Å²) < 4.78 is 0.733. The van der Waals surface area contributed by atoms with Crippen molar-refractivity contribution in [1.82, 2.24) is 0 Å². The number of rotatable bonds is 2. The van der Waals surface area contributed by atoms with Crippen molar-refractivity contribution in [3.8, 4) is 5.75 Å². The average molecular weight is 321 g/mol. The highest BCUT2D eigenvalue weighted by Crippen LogP contribution is 2.30. The molecule has 0 fully saturated rings. The molecular weight excluding hydrogens is 308 g/mol. The quantitative estimate of drug-likeness (QED) is 0.743. The van der Waals surface area contributed by atoms with E-state index in [2.05, 4.69) is 21.2 Å². The second-order valence-corrected chi connectivity index (χ2v) is 5.07. The van der Waals surface area contributed by atoms with Crippen molar-refractivity contribution in [1.29, 1.82) is 0 Å². The molecule has 0 saturated carbocycles. The third-order valence-corrected chi connectivity index (χ3v) is 3.26. The van der Waals surface area contributed by atoms with Crippen LogP contribution in [0, 0.1) is 6.92 Å². The molecule has 0 radical (unpaired) electrons. The van der Waals surface area contributed by atoms with Crippen molar-refractivity contribution < 1.29 is 9.90 Å². The van der Waals surface area contributed by atoms with Crippen molar-refractivity contribution in [2.75, 3.05) is 11.1 Å². The van der Waals surface area contributed by atoms with Gasteiger partial charge in [0.05, 0.1) is 11.4 Å². The highest BCUT2D eigenvalue weighted by molar-refractivity contribution is 9.10. The van der Waals surface area contributed by atoms with Gasteiger partial charge in [-0.15, -0.1) is 0 Å². The normalized spacial score (nSPS) is 10.2. The number of halogens is 1. The first-order valence-electron chi connectivity index (χ1n) is 5.63. The molecule has 4 N–H and O–H groups in total. The molecule has 0 aliphatic heterocycles. The van der Waals surface area contributed by atoms with Crippen LogP contribution < -0.4 is 11.1 Å². The van der Waals surface area contributed by atoms with Crippen molar-refractivity contribution in [2.24, 2.45) is 0 Å². The molecule has 0 heterocycles. The Morgan fingerprint density at radius 3 is 2.47 bits per heavy atom. The molecule has 19 heavy (non-hydrogen) atoms. The van der Waals surface area contributed by atoms with Gasteiger partial charge in [-0.3, -0.25) is 4.79 Å². The molecule has 0 atom stereocenters. The lowest BCUT2D eigenvalue weighted by atomic mass is 10.1. The second kappa shape index (κ2) is 5.32. The van der Waals surface area contributed by atoms with E-state index < -0.39 is 0 Å². The average Bonchev–Trinajstić information content (AvgIpc) is 2.34. The Morgan fingerprint density at radius 1 is 1.26 bits per heavy atom. The molecule has 0 saturated heterocycles. The Hall–Kier alpha value is -2.01. The van der Waals surface area contributed by atoms with Crippen LogP contribution in [0.1, 0.15) is 15.9 Å². The van der Waals surface area contributed by atoms with Gasteiger partial charge in [0.25, 0.3) is 5.91 Å². The number of aryl methyl sites for hydroxylation is 1. The number of carbonyl (C=O) groups is 1. The molecule has 0 aliphatic carbocycles. The van der Waals surface area contributed by atoms with E-state index in [1.54, 1.807) is 18.2 Å². The van der Waals surface area contributed by atoms with Crippen LogP contribution in [0.15, 0.2) is 40.9 Å². The highest BCUT2D eigenvalue weighted by atomic mass is 79.9. The van der Waals surface area contributed by atoms with Gasteiger partial charge >= 0.3 is 0 Å². The van der Waals surface area contributed by atoms with Gasteiger partial charge in [0, 0.05) is 10.0 Å². The Bertz CT molecular complexity index is 601. The van der Waals surface area contributed by atoms with Crippen LogP contribution in [0.25, 0.3) is 0 Å². The number of aromatic hydroxyl groups is 1. The molecule has 2 aromatic rings. The van der Waals surface area contributed by atoms with Crippen LogP contribution in [0.5, 0.6) is 5.75 Å². The summed E-state index contributed by atoms with van der Waals surface area (Å²) in [4.78, 5) is 12.0. The van der Waals surface area contributed by atoms with Crippen molar-refractivity contribution >= 4 is 33.2 Å². The van der Waals surface area contributed by atoms with Gasteiger partial charge in [-0.2, -0.15) is 0 Å². The first-order chi connectivity index (χ1) is 8.97. The first kappa shape index (κ1) is 13.4. The fourth-order valence-corrected chi connectivity index (χ4v) is 2.39. The lowest BCUT2D eigenvalue weighted by Gasteiger charge is -2.11. The predicted molar refractivity (Wildman–Crippen MR) is 79.4 cm³/mol. The summed E-state index contributed by atoms with van der Waals surface area (Å²) in [6.07, 6.45) is 0. The lowest BCUT2D eigenvalue weighted by molar-refractivity contribution is 0.102. The number of nitrogens with one attached hydrogen (secondary N) is 1. The SMILES string of the molecule is Cc1cc(N)c(NC(=O)c2ccc(O)cc2)c(Br)c1. The summed E-state index contributed by atoms with van der Waals surface area (Å²) in [5, 5.41) is 11.9. The van der Waals surface area contributed by atoms with E-state index >= 15 is 0 Å². The Morgan fingerprint density at radius 2 is 1.89 bits per heavy atom. The van der Waals surface area contributed by atoms with Crippen molar-refractivity contribution in [3.05, 3.63) is 52.0 Å². The topological polar surface area (TPSA) is 75.3 Å². The Kier molecular flexibility index (Phi) is 3.76. The zero-order valence-electron chi connectivity index (χ0n) is 10.3. The summed E-state index contributed by atoms with van der Waals surface area (Å²) in [6, 6.07) is 9.68. The number of phenolic OH excluding ortho intramolecular Hbond substituents is 1. The molecule has 2 aromatic carbocycles. The Labute approximate surface area is 119 Å². The number of hydrogen-bond acceptors (Lipinski definition) is 3. The summed E-state index contributed by atoms with van der Waals surface area (Å²) in [6.45, 7) is 1.92. The van der Waals surface area contributed by atoms with E-state index in [1.807, 2.05) is 13.0 Å². The largest absolute Gasteiger partial charge is 0.508 e. The molecule has 5 heteroatoms. The van der Waals surface area contributed by atoms with Gasteiger partial charge in [0.1, 0.15) is 5.75 Å². The number of anilines is 2. The van der Waals surface area contributed by atoms with E-state index in [9.17, 15) is 9.90 Å². The molecule has 0 spiro atoms. The number of nitrogen functional groups attached to an aromatic ring is 1. The molecule has 0 unspecified atom stereocenters. The van der Waals surface area contributed by atoms with Gasteiger partial charge in [0.2, 0.25) is 0 Å². The van der Waals surface area contributed by atoms with Crippen molar-refractivity contribution in [2.45, 2.75) is 6.92 Å². The van der Waals surface area contributed by atoms with E-state index in [0.717, 1.165) is 10.0 Å². The summed E-state index contributed by atoms with van der Waals surface area (Å²) in [5.41, 5.74) is 8.39. The number of carbonyl (C=O) groups excluding carboxylic acids is 1. The molecule has 2 rings (SSSR count). The van der Waals surface area contributed by atoms with E-state index in [-0.39, 0.29) is 11.7 Å². The maximum atomic E-state index is 12.0. The van der Waals surface area contributed by atoms with Crippen LogP contribution >= 0.6 is 15.9 Å². The number of hydrogen-bond donors (Lipinski definition) is 3. The minimum Gasteiger partial charge on any atom is -0.508 e. The minimum atomic E-state index is -0.281. The molecule has 1 amide bonds. The summed E-state index contributed by atoms with van der Waals surface area (Å²) in [7, 11) is 0. The second-order valence-electron chi connectivity index (χ2n) is 4.21. The molecule has 0 aromatic heterocycles. The fraction of sp³-hybridized carbons (Fsp3) is 0.0714. The van der Waals surface area contributed by atoms with Crippen LogP contribution in [0.3, 0.4) is 0 Å². The summed E-state index contributed by atoms with van der Waals surface area (Å²) >= 11 is 3.38. The van der Waals surface area contributed by atoms with Crippen molar-refractivity contribution in [3.63, 3.8) is 0 Å². The first-order valence-corrected chi connectivity index (χ1v) is 6.42. The van der Waals surface area contributed by atoms with Gasteiger partial charge in [-0.05, 0) is 64.8 Å². The third kappa shape index (κ3) is 3.06. The summed E-state index contributed by atoms with van der Waals surface area (Å²) in [5.74, 6) is -0.163. The van der Waals surface area contributed by atoms with Crippen LogP contribution in [-0.2, 0) is 0 Å². The molecule has 0 bridgehead atoms. The van der Waals surface area contributed by atoms with Gasteiger partial charge in [-0.25, -0.2) is 0 Å². The number of amides is 1. The smallest absolute Gasteiger partial charge is 0.255 e. The third-order valence-electron chi connectivity index (χ3n) is 2.63. The number of phenols is 1. The van der Waals surface area contributed by atoms with E-state index in [4.69, 9.17) is 5.73 Å². The van der Waals surface area contributed by atoms with Crippen LogP contribution in [-0.4, -0.2) is 11.0 Å². The molecule has 98 valence electrons. The Balaban J connectivity index is 2.26.